The van der Waals surface area contributed by atoms with E-state index in [4.69, 9.17) is 4.74 Å². The predicted molar refractivity (Wildman–Crippen MR) is 73.4 cm³/mol. The second-order valence-electron chi connectivity index (χ2n) is 4.08. The lowest BCUT2D eigenvalue weighted by Gasteiger charge is -2.10. The third-order valence-corrected chi connectivity index (χ3v) is 2.82. The summed E-state index contributed by atoms with van der Waals surface area (Å²) in [5.74, 6) is -0.476. The van der Waals surface area contributed by atoms with Crippen molar-refractivity contribution in [1.82, 2.24) is 4.98 Å². The van der Waals surface area contributed by atoms with Crippen molar-refractivity contribution in [3.63, 3.8) is 0 Å². The van der Waals surface area contributed by atoms with Crippen molar-refractivity contribution in [2.24, 2.45) is 0 Å². The molecule has 0 aliphatic carbocycles. The van der Waals surface area contributed by atoms with Crippen molar-refractivity contribution in [2.75, 3.05) is 7.11 Å². The molecule has 0 bridgehead atoms. The van der Waals surface area contributed by atoms with Crippen molar-refractivity contribution in [1.29, 1.82) is 0 Å². The second kappa shape index (κ2) is 6.51. The maximum Gasteiger partial charge on any atom is 0.339 e. The first kappa shape index (κ1) is 14.5. The fourth-order valence-corrected chi connectivity index (χ4v) is 1.77. The van der Waals surface area contributed by atoms with Crippen molar-refractivity contribution in [3.05, 3.63) is 53.3 Å². The molecule has 0 saturated heterocycles. The number of benzene rings is 1. The highest BCUT2D eigenvalue weighted by Crippen LogP contribution is 2.26. The van der Waals surface area contributed by atoms with E-state index in [0.29, 0.717) is 12.0 Å². The van der Waals surface area contributed by atoms with Gasteiger partial charge in [-0.05, 0) is 24.3 Å². The van der Waals surface area contributed by atoms with Crippen molar-refractivity contribution in [2.45, 2.75) is 6.61 Å². The molecule has 6 heteroatoms. The van der Waals surface area contributed by atoms with Gasteiger partial charge in [0.25, 0.3) is 0 Å². The van der Waals surface area contributed by atoms with E-state index in [-0.39, 0.29) is 29.2 Å². The van der Waals surface area contributed by atoms with Crippen LogP contribution in [-0.4, -0.2) is 29.5 Å². The first-order chi connectivity index (χ1) is 10.2. The topological polar surface area (TPSA) is 85.7 Å². The molecule has 1 aromatic carbocycles. The summed E-state index contributed by atoms with van der Waals surface area (Å²) in [4.78, 5) is 26.6. The number of carbonyl (C=O) groups excluding carboxylic acids is 2. The Morgan fingerprint density at radius 2 is 2.14 bits per heavy atom. The number of hydrogen-bond acceptors (Lipinski definition) is 6. The van der Waals surface area contributed by atoms with Gasteiger partial charge < -0.3 is 14.6 Å². The van der Waals surface area contributed by atoms with Gasteiger partial charge in [-0.2, -0.15) is 0 Å². The lowest BCUT2D eigenvalue weighted by molar-refractivity contribution is 0.0596. The van der Waals surface area contributed by atoms with E-state index in [2.05, 4.69) is 9.72 Å². The molecular formula is C15H13NO5. The summed E-state index contributed by atoms with van der Waals surface area (Å²) in [6, 6.07) is 7.67. The Kier molecular flexibility index (Phi) is 4.50. The number of methoxy groups -OCH3 is 1. The molecule has 1 heterocycles. The van der Waals surface area contributed by atoms with Crippen LogP contribution >= 0.6 is 0 Å². The average molecular weight is 287 g/mol. The Labute approximate surface area is 121 Å². The molecule has 0 spiro atoms. The van der Waals surface area contributed by atoms with E-state index in [1.807, 2.05) is 0 Å². The standard InChI is InChI=1S/C15H13NO5/c1-20-15(19)10-4-3-7-16-12(10)9-21-14-6-2-5-13(18)11(14)8-17/h2-8,18H,9H2,1H3. The molecule has 2 aromatic rings. The van der Waals surface area contributed by atoms with Gasteiger partial charge >= 0.3 is 5.97 Å². The number of nitrogens with zero attached hydrogens (tertiary/aromatic N) is 1. The van der Waals surface area contributed by atoms with Gasteiger partial charge in [0.05, 0.1) is 23.9 Å². The predicted octanol–water partition coefficient (Wildman–Crippen LogP) is 1.97. The number of aldehydes is 1. The van der Waals surface area contributed by atoms with Crippen LogP contribution < -0.4 is 4.74 Å². The summed E-state index contributed by atoms with van der Waals surface area (Å²) >= 11 is 0. The van der Waals surface area contributed by atoms with Crippen LogP contribution in [0.5, 0.6) is 11.5 Å². The van der Waals surface area contributed by atoms with Gasteiger partial charge in [-0.3, -0.25) is 9.78 Å². The lowest BCUT2D eigenvalue weighted by atomic mass is 10.2. The first-order valence-electron chi connectivity index (χ1n) is 6.09. The fourth-order valence-electron chi connectivity index (χ4n) is 1.77. The zero-order valence-electron chi connectivity index (χ0n) is 11.3. The van der Waals surface area contributed by atoms with Crippen LogP contribution in [0.1, 0.15) is 26.4 Å². The zero-order valence-corrected chi connectivity index (χ0v) is 11.3. The summed E-state index contributed by atoms with van der Waals surface area (Å²) in [5.41, 5.74) is 0.713. The second-order valence-corrected chi connectivity index (χ2v) is 4.08. The number of ether oxygens (including phenoxy) is 2. The molecule has 1 N–H and O–H groups in total. The van der Waals surface area contributed by atoms with E-state index < -0.39 is 5.97 Å². The fraction of sp³-hybridized carbons (Fsp3) is 0.133. The van der Waals surface area contributed by atoms with Crippen LogP contribution in [0.4, 0.5) is 0 Å². The highest BCUT2D eigenvalue weighted by atomic mass is 16.5. The molecule has 0 radical (unpaired) electrons. The minimum absolute atomic E-state index is 0.0322. The van der Waals surface area contributed by atoms with Crippen LogP contribution in [0.15, 0.2) is 36.5 Å². The van der Waals surface area contributed by atoms with Crippen molar-refractivity contribution >= 4 is 12.3 Å². The number of hydrogen-bond donors (Lipinski definition) is 1. The smallest absolute Gasteiger partial charge is 0.339 e. The Morgan fingerprint density at radius 1 is 1.33 bits per heavy atom. The summed E-state index contributed by atoms with van der Waals surface area (Å²) in [6.07, 6.45) is 2.03. The minimum atomic E-state index is -0.520. The Balaban J connectivity index is 2.23. The molecule has 0 aliphatic rings. The zero-order chi connectivity index (χ0) is 15.2. The van der Waals surface area contributed by atoms with Gasteiger partial charge in [-0.1, -0.05) is 6.07 Å². The number of pyridine rings is 1. The molecule has 0 aliphatic heterocycles. The summed E-state index contributed by atoms with van der Waals surface area (Å²) in [7, 11) is 1.28. The number of phenols is 1. The van der Waals surface area contributed by atoms with Crippen LogP contribution in [0.2, 0.25) is 0 Å². The van der Waals surface area contributed by atoms with Gasteiger partial charge in [-0.25, -0.2) is 4.79 Å². The molecule has 0 atom stereocenters. The van der Waals surface area contributed by atoms with Gasteiger partial charge in [0.15, 0.2) is 6.29 Å². The molecule has 0 unspecified atom stereocenters. The van der Waals surface area contributed by atoms with Crippen LogP contribution in [0.3, 0.4) is 0 Å². The Morgan fingerprint density at radius 3 is 2.86 bits per heavy atom. The average Bonchev–Trinajstić information content (AvgIpc) is 2.52. The van der Waals surface area contributed by atoms with Gasteiger partial charge in [-0.15, -0.1) is 0 Å². The first-order valence-corrected chi connectivity index (χ1v) is 6.09. The molecule has 108 valence electrons. The number of rotatable bonds is 5. The molecule has 1 aromatic heterocycles. The van der Waals surface area contributed by atoms with Crippen molar-refractivity contribution in [3.8, 4) is 11.5 Å². The number of esters is 1. The molecule has 0 fully saturated rings. The van der Waals surface area contributed by atoms with Gasteiger partial charge in [0.2, 0.25) is 0 Å². The maximum atomic E-state index is 11.6. The SMILES string of the molecule is COC(=O)c1cccnc1COc1cccc(O)c1C=O. The molecule has 6 nitrogen and oxygen atoms in total. The number of aromatic hydroxyl groups is 1. The van der Waals surface area contributed by atoms with Gasteiger partial charge in [0, 0.05) is 6.20 Å². The highest BCUT2D eigenvalue weighted by molar-refractivity contribution is 5.90. The Hall–Kier alpha value is -2.89. The Bertz CT molecular complexity index is 669. The maximum absolute atomic E-state index is 11.6. The molecule has 21 heavy (non-hydrogen) atoms. The normalized spacial score (nSPS) is 9.95. The van der Waals surface area contributed by atoms with Crippen molar-refractivity contribution < 1.29 is 24.2 Å². The summed E-state index contributed by atoms with van der Waals surface area (Å²) < 4.78 is 10.1. The number of carbonyl (C=O) groups is 2. The van der Waals surface area contributed by atoms with Crippen LogP contribution in [0.25, 0.3) is 0 Å². The third kappa shape index (κ3) is 3.17. The molecule has 2 rings (SSSR count). The lowest BCUT2D eigenvalue weighted by Crippen LogP contribution is -2.10. The number of phenolic OH excluding ortho intramolecular Hbond substituents is 1. The molecule has 0 amide bonds. The van der Waals surface area contributed by atoms with E-state index in [0.717, 1.165) is 0 Å². The van der Waals surface area contributed by atoms with E-state index >= 15 is 0 Å². The summed E-state index contributed by atoms with van der Waals surface area (Å²) in [5, 5.41) is 9.57. The third-order valence-electron chi connectivity index (χ3n) is 2.82. The van der Waals surface area contributed by atoms with E-state index in [1.54, 1.807) is 24.3 Å². The monoisotopic (exact) mass is 287 g/mol. The van der Waals surface area contributed by atoms with Crippen LogP contribution in [-0.2, 0) is 11.3 Å². The molecule has 0 saturated carbocycles. The van der Waals surface area contributed by atoms with Crippen LogP contribution in [0, 0.1) is 0 Å². The van der Waals surface area contributed by atoms with E-state index in [9.17, 15) is 14.7 Å². The van der Waals surface area contributed by atoms with Gasteiger partial charge in [0.1, 0.15) is 18.1 Å². The highest BCUT2D eigenvalue weighted by Gasteiger charge is 2.14. The van der Waals surface area contributed by atoms with E-state index in [1.165, 1.54) is 19.4 Å². The number of aromatic nitrogens is 1. The summed E-state index contributed by atoms with van der Waals surface area (Å²) in [6.45, 7) is -0.0322. The largest absolute Gasteiger partial charge is 0.507 e. The molecular weight excluding hydrogens is 274 g/mol. The minimum Gasteiger partial charge on any atom is -0.507 e. The quantitative estimate of drug-likeness (QED) is 0.668.